The van der Waals surface area contributed by atoms with E-state index in [1.54, 1.807) is 12.1 Å². The Hall–Kier alpha value is -1.42. The molecule has 3 nitrogen and oxygen atoms in total. The van der Waals surface area contributed by atoms with E-state index in [1.807, 2.05) is 0 Å². The molecule has 0 saturated heterocycles. The first kappa shape index (κ1) is 15.5. The second kappa shape index (κ2) is 7.23. The largest absolute Gasteiger partial charge is 0.460 e. The number of rotatable bonds is 5. The van der Waals surface area contributed by atoms with Crippen molar-refractivity contribution >= 4 is 5.97 Å². The monoisotopic (exact) mass is 306 g/mol. The average molecular weight is 306 g/mol. The number of ether oxygens (including phenoxy) is 2. The van der Waals surface area contributed by atoms with Crippen LogP contribution in [-0.2, 0) is 14.3 Å². The summed E-state index contributed by atoms with van der Waals surface area (Å²) in [5, 5.41) is 0. The minimum Gasteiger partial charge on any atom is -0.460 e. The maximum Gasteiger partial charge on any atom is 0.340 e. The molecule has 0 aromatic heterocycles. The molecule has 0 radical (unpaired) electrons. The van der Waals surface area contributed by atoms with Crippen LogP contribution in [0.25, 0.3) is 0 Å². The smallest absolute Gasteiger partial charge is 0.340 e. The lowest BCUT2D eigenvalue weighted by Crippen LogP contribution is -2.26. The Morgan fingerprint density at radius 2 is 1.50 bits per heavy atom. The highest BCUT2D eigenvalue weighted by Gasteiger charge is 2.31. The van der Waals surface area contributed by atoms with Gasteiger partial charge >= 0.3 is 5.97 Å². The summed E-state index contributed by atoms with van der Waals surface area (Å²) in [4.78, 5) is 12.5. The van der Waals surface area contributed by atoms with Crippen molar-refractivity contribution in [2.24, 2.45) is 0 Å². The fraction of sp³-hybridized carbons (Fsp3) is 0.611. The Labute approximate surface area is 130 Å². The minimum atomic E-state index is -0.732. The topological polar surface area (TPSA) is 35.5 Å². The molecule has 120 valence electrons. The van der Waals surface area contributed by atoms with Gasteiger partial charge in [-0.15, -0.1) is 0 Å². The minimum absolute atomic E-state index is 0.0163. The van der Waals surface area contributed by atoms with Crippen LogP contribution in [0, 0.1) is 5.82 Å². The SMILES string of the molecule is O=C(OC1CCCC1)C(OC1CCCC1)c1ccc(F)cc1. The van der Waals surface area contributed by atoms with E-state index in [9.17, 15) is 9.18 Å². The zero-order chi connectivity index (χ0) is 15.4. The summed E-state index contributed by atoms with van der Waals surface area (Å²) < 4.78 is 24.7. The van der Waals surface area contributed by atoms with E-state index in [0.717, 1.165) is 51.4 Å². The van der Waals surface area contributed by atoms with E-state index in [4.69, 9.17) is 9.47 Å². The lowest BCUT2D eigenvalue weighted by atomic mass is 10.1. The van der Waals surface area contributed by atoms with Crippen molar-refractivity contribution in [3.63, 3.8) is 0 Å². The molecular formula is C18H23FO3. The molecule has 0 heterocycles. The third-order valence-corrected chi connectivity index (χ3v) is 4.60. The maximum atomic E-state index is 13.1. The van der Waals surface area contributed by atoms with E-state index < -0.39 is 6.10 Å². The van der Waals surface area contributed by atoms with Gasteiger partial charge in [-0.1, -0.05) is 25.0 Å². The second-order valence-corrected chi connectivity index (χ2v) is 6.32. The second-order valence-electron chi connectivity index (χ2n) is 6.32. The molecule has 0 spiro atoms. The van der Waals surface area contributed by atoms with Crippen molar-refractivity contribution in [1.29, 1.82) is 0 Å². The molecule has 0 amide bonds. The van der Waals surface area contributed by atoms with Crippen LogP contribution < -0.4 is 0 Å². The summed E-state index contributed by atoms with van der Waals surface area (Å²) in [6.07, 6.45) is 7.72. The van der Waals surface area contributed by atoms with Gasteiger partial charge in [0.05, 0.1) is 6.10 Å². The first-order chi connectivity index (χ1) is 10.7. The molecule has 2 saturated carbocycles. The van der Waals surface area contributed by atoms with Crippen molar-refractivity contribution in [1.82, 2.24) is 0 Å². The van der Waals surface area contributed by atoms with Gasteiger partial charge in [0, 0.05) is 0 Å². The molecule has 0 bridgehead atoms. The third kappa shape index (κ3) is 3.86. The van der Waals surface area contributed by atoms with Crippen LogP contribution in [0.3, 0.4) is 0 Å². The standard InChI is InChI=1S/C18H23FO3/c19-14-11-9-13(10-12-14)17(21-15-5-1-2-6-15)18(20)22-16-7-3-4-8-16/h9-12,15-17H,1-8H2. The van der Waals surface area contributed by atoms with Crippen molar-refractivity contribution in [3.05, 3.63) is 35.6 Å². The third-order valence-electron chi connectivity index (χ3n) is 4.60. The highest BCUT2D eigenvalue weighted by Crippen LogP contribution is 2.30. The summed E-state index contributed by atoms with van der Waals surface area (Å²) in [5.74, 6) is -0.641. The molecule has 1 unspecified atom stereocenters. The van der Waals surface area contributed by atoms with E-state index in [-0.39, 0.29) is 24.0 Å². The van der Waals surface area contributed by atoms with Crippen LogP contribution in [0.2, 0.25) is 0 Å². The molecule has 4 heteroatoms. The summed E-state index contributed by atoms with van der Waals surface area (Å²) in [6.45, 7) is 0. The van der Waals surface area contributed by atoms with Crippen LogP contribution >= 0.6 is 0 Å². The Bertz CT molecular complexity index is 488. The average Bonchev–Trinajstić information content (AvgIpc) is 3.19. The van der Waals surface area contributed by atoms with Gasteiger partial charge in [0.1, 0.15) is 11.9 Å². The van der Waals surface area contributed by atoms with E-state index in [0.29, 0.717) is 5.56 Å². The molecule has 0 N–H and O–H groups in total. The van der Waals surface area contributed by atoms with Gasteiger partial charge in [-0.3, -0.25) is 0 Å². The lowest BCUT2D eigenvalue weighted by Gasteiger charge is -2.23. The van der Waals surface area contributed by atoms with Crippen LogP contribution in [0.5, 0.6) is 0 Å². The molecule has 2 aliphatic rings. The van der Waals surface area contributed by atoms with Gasteiger partial charge < -0.3 is 9.47 Å². The van der Waals surface area contributed by atoms with Gasteiger partial charge in [-0.25, -0.2) is 9.18 Å². The molecule has 1 aromatic carbocycles. The number of carbonyl (C=O) groups excluding carboxylic acids is 1. The summed E-state index contributed by atoms with van der Waals surface area (Å²) in [7, 11) is 0. The van der Waals surface area contributed by atoms with Gasteiger partial charge in [0.2, 0.25) is 0 Å². The highest BCUT2D eigenvalue weighted by atomic mass is 19.1. The Kier molecular flexibility index (Phi) is 5.08. The van der Waals surface area contributed by atoms with Crippen LogP contribution in [0.4, 0.5) is 4.39 Å². The zero-order valence-corrected chi connectivity index (χ0v) is 12.8. The molecule has 1 atom stereocenters. The maximum absolute atomic E-state index is 13.1. The van der Waals surface area contributed by atoms with Gasteiger partial charge in [0.15, 0.2) is 6.10 Å². The van der Waals surface area contributed by atoms with E-state index in [2.05, 4.69) is 0 Å². The van der Waals surface area contributed by atoms with Gasteiger partial charge in [0.25, 0.3) is 0 Å². The molecule has 22 heavy (non-hydrogen) atoms. The molecule has 2 aliphatic carbocycles. The number of hydrogen-bond acceptors (Lipinski definition) is 3. The summed E-state index contributed by atoms with van der Waals surface area (Å²) in [5.41, 5.74) is 0.677. The van der Waals surface area contributed by atoms with Gasteiger partial charge in [-0.2, -0.15) is 0 Å². The first-order valence-electron chi connectivity index (χ1n) is 8.34. The highest BCUT2D eigenvalue weighted by molar-refractivity contribution is 5.76. The number of carbonyl (C=O) groups is 1. The van der Waals surface area contributed by atoms with Crippen LogP contribution in [-0.4, -0.2) is 18.2 Å². The molecule has 1 aromatic rings. The van der Waals surface area contributed by atoms with Crippen LogP contribution in [0.1, 0.15) is 63.0 Å². The quantitative estimate of drug-likeness (QED) is 0.760. The molecule has 2 fully saturated rings. The summed E-state index contributed by atoms with van der Waals surface area (Å²) in [6, 6.07) is 5.96. The van der Waals surface area contributed by atoms with E-state index in [1.165, 1.54) is 12.1 Å². The molecule has 0 aliphatic heterocycles. The number of hydrogen-bond donors (Lipinski definition) is 0. The predicted molar refractivity (Wildman–Crippen MR) is 80.8 cm³/mol. The lowest BCUT2D eigenvalue weighted by molar-refractivity contribution is -0.166. The van der Waals surface area contributed by atoms with Crippen molar-refractivity contribution < 1.29 is 18.7 Å². The Morgan fingerprint density at radius 1 is 0.955 bits per heavy atom. The zero-order valence-electron chi connectivity index (χ0n) is 12.8. The normalized spacial score (nSPS) is 21.1. The van der Waals surface area contributed by atoms with Crippen molar-refractivity contribution in [2.75, 3.05) is 0 Å². The fourth-order valence-electron chi connectivity index (χ4n) is 3.36. The number of halogens is 1. The van der Waals surface area contributed by atoms with Crippen molar-refractivity contribution in [2.45, 2.75) is 69.7 Å². The van der Waals surface area contributed by atoms with E-state index >= 15 is 0 Å². The summed E-state index contributed by atoms with van der Waals surface area (Å²) >= 11 is 0. The molecule has 3 rings (SSSR count). The Balaban J connectivity index is 1.71. The number of benzene rings is 1. The van der Waals surface area contributed by atoms with Gasteiger partial charge in [-0.05, 0) is 56.2 Å². The first-order valence-corrected chi connectivity index (χ1v) is 8.34. The predicted octanol–water partition coefficient (Wildman–Crippen LogP) is 4.31. The number of esters is 1. The van der Waals surface area contributed by atoms with Crippen LogP contribution in [0.15, 0.2) is 24.3 Å². The molecular weight excluding hydrogens is 283 g/mol. The van der Waals surface area contributed by atoms with Crippen molar-refractivity contribution in [3.8, 4) is 0 Å². The fourth-order valence-corrected chi connectivity index (χ4v) is 3.36. The Morgan fingerprint density at radius 3 is 2.09 bits per heavy atom.